The molecule has 1 aromatic heterocycles. The highest BCUT2D eigenvalue weighted by Gasteiger charge is 2.17. The molecule has 0 radical (unpaired) electrons. The van der Waals surface area contributed by atoms with E-state index in [1.54, 1.807) is 13.0 Å². The number of nitrogens with one attached hydrogen (secondary N) is 1. The van der Waals surface area contributed by atoms with Crippen molar-refractivity contribution in [3.63, 3.8) is 0 Å². The standard InChI is InChI=1S/C8H6BrN3O2/c1-4-2-5-7(8(9)11-10-5)6(3-4)12(13)14/h2-3H,1H3,(H,10,11). The van der Waals surface area contributed by atoms with Crippen LogP contribution in [0, 0.1) is 17.0 Å². The van der Waals surface area contributed by atoms with Crippen molar-refractivity contribution in [3.8, 4) is 0 Å². The van der Waals surface area contributed by atoms with Gasteiger partial charge in [0, 0.05) is 6.07 Å². The summed E-state index contributed by atoms with van der Waals surface area (Å²) in [6.45, 7) is 1.80. The average Bonchev–Trinajstić information content (AvgIpc) is 2.46. The number of rotatable bonds is 1. The lowest BCUT2D eigenvalue weighted by Crippen LogP contribution is -1.89. The van der Waals surface area contributed by atoms with Crippen molar-refractivity contribution in [2.45, 2.75) is 6.92 Å². The van der Waals surface area contributed by atoms with Crippen molar-refractivity contribution >= 4 is 32.5 Å². The van der Waals surface area contributed by atoms with E-state index in [0.717, 1.165) is 5.56 Å². The fourth-order valence-corrected chi connectivity index (χ4v) is 1.87. The van der Waals surface area contributed by atoms with Crippen LogP contribution in [0.25, 0.3) is 10.9 Å². The largest absolute Gasteiger partial charge is 0.281 e. The Morgan fingerprint density at radius 3 is 2.93 bits per heavy atom. The predicted octanol–water partition coefficient (Wildman–Crippen LogP) is 2.54. The molecule has 0 amide bonds. The lowest BCUT2D eigenvalue weighted by Gasteiger charge is -1.95. The number of non-ortho nitro benzene ring substituents is 1. The van der Waals surface area contributed by atoms with Gasteiger partial charge in [-0.3, -0.25) is 15.2 Å². The van der Waals surface area contributed by atoms with Crippen LogP contribution in [0.15, 0.2) is 16.7 Å². The smallest absolute Gasteiger partial charge is 0.270 e. The number of aryl methyl sites for hydroxylation is 1. The second kappa shape index (κ2) is 3.06. The zero-order chi connectivity index (χ0) is 10.3. The van der Waals surface area contributed by atoms with E-state index >= 15 is 0 Å². The normalized spacial score (nSPS) is 10.7. The summed E-state index contributed by atoms with van der Waals surface area (Å²) in [5, 5.41) is 17.9. The summed E-state index contributed by atoms with van der Waals surface area (Å²) in [4.78, 5) is 10.4. The van der Waals surface area contributed by atoms with Crippen molar-refractivity contribution in [3.05, 3.63) is 32.4 Å². The number of benzene rings is 1. The lowest BCUT2D eigenvalue weighted by atomic mass is 10.1. The SMILES string of the molecule is Cc1cc([N+](=O)[O-])c2c(Br)[nH]nc2c1. The molecule has 0 aliphatic carbocycles. The third-order valence-corrected chi connectivity index (χ3v) is 2.51. The maximum atomic E-state index is 10.8. The maximum absolute atomic E-state index is 10.8. The highest BCUT2D eigenvalue weighted by Crippen LogP contribution is 2.31. The summed E-state index contributed by atoms with van der Waals surface area (Å²) in [5.41, 5.74) is 1.49. The number of fused-ring (bicyclic) bond motifs is 1. The first kappa shape index (κ1) is 9.14. The third kappa shape index (κ3) is 1.27. The molecule has 2 aromatic rings. The van der Waals surface area contributed by atoms with Gasteiger partial charge in [-0.15, -0.1) is 0 Å². The molecule has 1 aromatic carbocycles. The van der Waals surface area contributed by atoms with E-state index in [4.69, 9.17) is 0 Å². The minimum absolute atomic E-state index is 0.0700. The van der Waals surface area contributed by atoms with Gasteiger partial charge in [0.25, 0.3) is 5.69 Å². The Morgan fingerprint density at radius 1 is 1.57 bits per heavy atom. The fourth-order valence-electron chi connectivity index (χ4n) is 1.37. The van der Waals surface area contributed by atoms with Crippen LogP contribution in [0.5, 0.6) is 0 Å². The van der Waals surface area contributed by atoms with Crippen LogP contribution < -0.4 is 0 Å². The second-order valence-corrected chi connectivity index (χ2v) is 3.77. The summed E-state index contributed by atoms with van der Waals surface area (Å²) in [7, 11) is 0. The monoisotopic (exact) mass is 255 g/mol. The molecule has 2 rings (SSSR count). The van der Waals surface area contributed by atoms with Crippen molar-refractivity contribution < 1.29 is 4.92 Å². The summed E-state index contributed by atoms with van der Waals surface area (Å²) in [6, 6.07) is 3.33. The number of nitro groups is 1. The van der Waals surface area contributed by atoms with Crippen molar-refractivity contribution in [2.75, 3.05) is 0 Å². The molecule has 0 atom stereocenters. The lowest BCUT2D eigenvalue weighted by molar-refractivity contribution is -0.383. The van der Waals surface area contributed by atoms with Gasteiger partial charge in [0.05, 0.1) is 4.92 Å². The number of aromatic nitrogens is 2. The van der Waals surface area contributed by atoms with Gasteiger partial charge in [-0.1, -0.05) is 0 Å². The zero-order valence-electron chi connectivity index (χ0n) is 7.24. The highest BCUT2D eigenvalue weighted by atomic mass is 79.9. The Balaban J connectivity index is 2.90. The Hall–Kier alpha value is -1.43. The summed E-state index contributed by atoms with van der Waals surface area (Å²) in [6.07, 6.45) is 0. The number of aromatic amines is 1. The van der Waals surface area contributed by atoms with E-state index in [1.807, 2.05) is 0 Å². The van der Waals surface area contributed by atoms with Crippen molar-refractivity contribution in [1.29, 1.82) is 0 Å². The predicted molar refractivity (Wildman–Crippen MR) is 55.2 cm³/mol. The molecule has 0 unspecified atom stereocenters. The van der Waals surface area contributed by atoms with Gasteiger partial charge in [-0.25, -0.2) is 0 Å². The molecule has 14 heavy (non-hydrogen) atoms. The molecule has 0 saturated carbocycles. The molecule has 0 fully saturated rings. The molecule has 1 N–H and O–H groups in total. The number of H-pyrrole nitrogens is 1. The first-order valence-corrected chi connectivity index (χ1v) is 4.67. The van der Waals surface area contributed by atoms with Gasteiger partial charge in [0.2, 0.25) is 0 Å². The molecule has 0 aliphatic heterocycles. The number of nitro benzene ring substituents is 1. The topological polar surface area (TPSA) is 71.8 Å². The highest BCUT2D eigenvalue weighted by molar-refractivity contribution is 9.10. The molecule has 0 spiro atoms. The van der Waals surface area contributed by atoms with Crippen LogP contribution in [0.1, 0.15) is 5.56 Å². The van der Waals surface area contributed by atoms with E-state index in [9.17, 15) is 10.1 Å². The van der Waals surface area contributed by atoms with E-state index in [1.165, 1.54) is 6.07 Å². The molecule has 0 aliphatic rings. The van der Waals surface area contributed by atoms with Crippen molar-refractivity contribution in [1.82, 2.24) is 10.2 Å². The Labute approximate surface area is 87.4 Å². The first-order chi connectivity index (χ1) is 6.59. The number of halogens is 1. The number of hydrogen-bond acceptors (Lipinski definition) is 3. The van der Waals surface area contributed by atoms with Crippen LogP contribution in [-0.4, -0.2) is 15.1 Å². The van der Waals surface area contributed by atoms with Gasteiger partial charge < -0.3 is 0 Å². The Morgan fingerprint density at radius 2 is 2.29 bits per heavy atom. The van der Waals surface area contributed by atoms with Crippen LogP contribution >= 0.6 is 15.9 Å². The van der Waals surface area contributed by atoms with E-state index in [2.05, 4.69) is 26.1 Å². The first-order valence-electron chi connectivity index (χ1n) is 3.88. The van der Waals surface area contributed by atoms with Gasteiger partial charge in [-0.05, 0) is 34.5 Å². The number of hydrogen-bond donors (Lipinski definition) is 1. The molecule has 5 nitrogen and oxygen atoms in total. The fraction of sp³-hybridized carbons (Fsp3) is 0.125. The van der Waals surface area contributed by atoms with Crippen LogP contribution in [-0.2, 0) is 0 Å². The Bertz CT molecular complexity index is 521. The summed E-state index contributed by atoms with van der Waals surface area (Å²) in [5.74, 6) is 0. The Kier molecular flexibility index (Phi) is 1.99. The quantitative estimate of drug-likeness (QED) is 0.629. The van der Waals surface area contributed by atoms with Gasteiger partial charge in [0.1, 0.15) is 15.5 Å². The number of nitrogens with zero attached hydrogens (tertiary/aromatic N) is 2. The maximum Gasteiger partial charge on any atom is 0.281 e. The third-order valence-electron chi connectivity index (χ3n) is 1.93. The van der Waals surface area contributed by atoms with E-state index < -0.39 is 4.92 Å². The van der Waals surface area contributed by atoms with E-state index in [0.29, 0.717) is 15.5 Å². The van der Waals surface area contributed by atoms with Gasteiger partial charge >= 0.3 is 0 Å². The molecule has 1 heterocycles. The molecule has 72 valence electrons. The summed E-state index contributed by atoms with van der Waals surface area (Å²) < 4.78 is 0.541. The molecular formula is C8H6BrN3O2. The second-order valence-electron chi connectivity index (χ2n) is 2.97. The van der Waals surface area contributed by atoms with Crippen molar-refractivity contribution in [2.24, 2.45) is 0 Å². The molecule has 6 heteroatoms. The molecular weight excluding hydrogens is 250 g/mol. The van der Waals surface area contributed by atoms with Crippen LogP contribution in [0.2, 0.25) is 0 Å². The van der Waals surface area contributed by atoms with Crippen LogP contribution in [0.3, 0.4) is 0 Å². The van der Waals surface area contributed by atoms with Crippen LogP contribution in [0.4, 0.5) is 5.69 Å². The molecule has 0 bridgehead atoms. The van der Waals surface area contributed by atoms with E-state index in [-0.39, 0.29) is 5.69 Å². The van der Waals surface area contributed by atoms with Gasteiger partial charge in [0.15, 0.2) is 0 Å². The zero-order valence-corrected chi connectivity index (χ0v) is 8.83. The average molecular weight is 256 g/mol. The minimum atomic E-state index is -0.407. The summed E-state index contributed by atoms with van der Waals surface area (Å²) >= 11 is 3.19. The van der Waals surface area contributed by atoms with Gasteiger partial charge in [-0.2, -0.15) is 5.10 Å². The molecule has 0 saturated heterocycles. The minimum Gasteiger partial charge on any atom is -0.270 e.